The molecule has 0 unspecified atom stereocenters. The maximum Gasteiger partial charge on any atom is 0.251 e. The molecule has 2 heterocycles. The molecule has 1 aliphatic heterocycles. The predicted molar refractivity (Wildman–Crippen MR) is 102 cm³/mol. The van der Waals surface area contributed by atoms with Gasteiger partial charge in [-0.3, -0.25) is 4.79 Å². The lowest BCUT2D eigenvalue weighted by Crippen LogP contribution is -2.35. The van der Waals surface area contributed by atoms with Gasteiger partial charge in [-0.25, -0.2) is 8.42 Å². The van der Waals surface area contributed by atoms with Crippen LogP contribution in [-0.4, -0.2) is 31.7 Å². The minimum absolute atomic E-state index is 0.181. The third-order valence-electron chi connectivity index (χ3n) is 4.10. The molecule has 0 saturated carbocycles. The Kier molecular flexibility index (Phi) is 5.93. The molecular weight excluding hydrogens is 424 g/mol. The van der Waals surface area contributed by atoms with Gasteiger partial charge in [0.15, 0.2) is 0 Å². The minimum Gasteiger partial charge on any atom is -0.347 e. The van der Waals surface area contributed by atoms with E-state index < -0.39 is 10.0 Å². The normalized spacial score (nSPS) is 15.9. The van der Waals surface area contributed by atoms with Crippen LogP contribution in [0.5, 0.6) is 0 Å². The maximum absolute atomic E-state index is 12.7. The number of piperidine rings is 1. The number of benzene rings is 1. The second-order valence-electron chi connectivity index (χ2n) is 5.88. The average Bonchev–Trinajstić information content (AvgIpc) is 3.06. The van der Waals surface area contributed by atoms with Crippen molar-refractivity contribution in [2.75, 3.05) is 13.1 Å². The summed E-state index contributed by atoms with van der Waals surface area (Å²) in [5, 5.41) is 2.83. The van der Waals surface area contributed by atoms with Crippen LogP contribution in [-0.2, 0) is 16.6 Å². The summed E-state index contributed by atoms with van der Waals surface area (Å²) in [7, 11) is -3.53. The zero-order valence-corrected chi connectivity index (χ0v) is 16.8. The van der Waals surface area contributed by atoms with E-state index in [1.807, 2.05) is 12.1 Å². The molecule has 1 saturated heterocycles. The van der Waals surface area contributed by atoms with Gasteiger partial charge in [-0.15, -0.1) is 11.3 Å². The number of sulfonamides is 1. The Balaban J connectivity index is 1.73. The summed E-state index contributed by atoms with van der Waals surface area (Å²) >= 11 is 4.94. The number of hydrogen-bond acceptors (Lipinski definition) is 4. The first-order valence-corrected chi connectivity index (χ1v) is 11.1. The molecule has 25 heavy (non-hydrogen) atoms. The van der Waals surface area contributed by atoms with E-state index in [1.54, 1.807) is 29.5 Å². The van der Waals surface area contributed by atoms with E-state index in [9.17, 15) is 13.2 Å². The van der Waals surface area contributed by atoms with Gasteiger partial charge in [-0.05, 0) is 59.1 Å². The predicted octanol–water partition coefficient (Wildman–Crippen LogP) is 3.62. The smallest absolute Gasteiger partial charge is 0.251 e. The van der Waals surface area contributed by atoms with Crippen LogP contribution >= 0.6 is 27.3 Å². The average molecular weight is 443 g/mol. The number of carbonyl (C=O) groups is 1. The molecule has 5 nitrogen and oxygen atoms in total. The van der Waals surface area contributed by atoms with Crippen molar-refractivity contribution in [1.82, 2.24) is 9.62 Å². The van der Waals surface area contributed by atoms with E-state index in [2.05, 4.69) is 21.2 Å². The fourth-order valence-electron chi connectivity index (χ4n) is 2.77. The van der Waals surface area contributed by atoms with Gasteiger partial charge in [0.2, 0.25) is 10.0 Å². The van der Waals surface area contributed by atoms with Crippen molar-refractivity contribution in [2.45, 2.75) is 30.7 Å². The Hall–Kier alpha value is -1.22. The number of thiophene rings is 1. The lowest BCUT2D eigenvalue weighted by atomic mass is 10.2. The van der Waals surface area contributed by atoms with Gasteiger partial charge in [0.1, 0.15) is 0 Å². The SMILES string of the molecule is O=C(NCc1ccc(Br)s1)c1cccc(S(=O)(=O)N2CCCCC2)c1. The maximum atomic E-state index is 12.7. The number of nitrogens with one attached hydrogen (secondary N) is 1. The molecule has 2 aromatic rings. The fourth-order valence-corrected chi connectivity index (χ4v) is 5.75. The molecule has 1 aliphatic rings. The molecule has 134 valence electrons. The molecule has 0 aliphatic carbocycles. The topological polar surface area (TPSA) is 66.5 Å². The van der Waals surface area contributed by atoms with Crippen LogP contribution in [0.3, 0.4) is 0 Å². The molecular formula is C17H19BrN2O3S2. The summed E-state index contributed by atoms with van der Waals surface area (Å²) in [5.74, 6) is -0.278. The van der Waals surface area contributed by atoms with Crippen LogP contribution in [0.4, 0.5) is 0 Å². The Labute approximate surface area is 160 Å². The Morgan fingerprint density at radius 2 is 1.92 bits per heavy atom. The zero-order chi connectivity index (χ0) is 17.9. The highest BCUT2D eigenvalue weighted by molar-refractivity contribution is 9.11. The number of halogens is 1. The summed E-state index contributed by atoms with van der Waals surface area (Å²) in [4.78, 5) is 13.6. The van der Waals surface area contributed by atoms with Gasteiger partial charge in [0.25, 0.3) is 5.91 Å². The third-order valence-corrected chi connectivity index (χ3v) is 7.62. The zero-order valence-electron chi connectivity index (χ0n) is 13.6. The molecule has 1 fully saturated rings. The third kappa shape index (κ3) is 4.49. The number of rotatable bonds is 5. The first kappa shape index (κ1) is 18.6. The van der Waals surface area contributed by atoms with Crippen LogP contribution in [0.25, 0.3) is 0 Å². The quantitative estimate of drug-likeness (QED) is 0.768. The van der Waals surface area contributed by atoms with Gasteiger partial charge in [-0.2, -0.15) is 4.31 Å². The van der Waals surface area contributed by atoms with E-state index >= 15 is 0 Å². The summed E-state index contributed by atoms with van der Waals surface area (Å²) in [6.07, 6.45) is 2.83. The van der Waals surface area contributed by atoms with E-state index in [4.69, 9.17) is 0 Å². The fraction of sp³-hybridized carbons (Fsp3) is 0.353. The molecule has 1 aromatic carbocycles. The Morgan fingerprint density at radius 1 is 1.16 bits per heavy atom. The highest BCUT2D eigenvalue weighted by Crippen LogP contribution is 2.23. The highest BCUT2D eigenvalue weighted by Gasteiger charge is 2.26. The summed E-state index contributed by atoms with van der Waals surface area (Å²) < 4.78 is 28.0. The Morgan fingerprint density at radius 3 is 2.60 bits per heavy atom. The van der Waals surface area contributed by atoms with Crippen LogP contribution < -0.4 is 5.32 Å². The van der Waals surface area contributed by atoms with Crippen LogP contribution in [0, 0.1) is 0 Å². The molecule has 0 atom stereocenters. The van der Waals surface area contributed by atoms with E-state index in [0.29, 0.717) is 25.2 Å². The van der Waals surface area contributed by atoms with Crippen LogP contribution in [0.1, 0.15) is 34.5 Å². The summed E-state index contributed by atoms with van der Waals surface area (Å²) in [5.41, 5.74) is 0.355. The van der Waals surface area contributed by atoms with Crippen molar-refractivity contribution >= 4 is 43.2 Å². The first-order chi connectivity index (χ1) is 12.0. The summed E-state index contributed by atoms with van der Waals surface area (Å²) in [6.45, 7) is 1.51. The van der Waals surface area contributed by atoms with Crippen molar-refractivity contribution < 1.29 is 13.2 Å². The van der Waals surface area contributed by atoms with Crippen molar-refractivity contribution in [1.29, 1.82) is 0 Å². The van der Waals surface area contributed by atoms with Crippen LogP contribution in [0.15, 0.2) is 45.1 Å². The number of amides is 1. The molecule has 3 rings (SSSR count). The lowest BCUT2D eigenvalue weighted by molar-refractivity contribution is 0.0951. The van der Waals surface area contributed by atoms with Crippen molar-refractivity contribution in [3.8, 4) is 0 Å². The van der Waals surface area contributed by atoms with Gasteiger partial charge in [0, 0.05) is 23.5 Å². The molecule has 8 heteroatoms. The Bertz CT molecular complexity index is 858. The highest BCUT2D eigenvalue weighted by atomic mass is 79.9. The van der Waals surface area contributed by atoms with E-state index in [0.717, 1.165) is 27.9 Å². The van der Waals surface area contributed by atoms with Crippen molar-refractivity contribution in [3.63, 3.8) is 0 Å². The molecule has 1 amide bonds. The van der Waals surface area contributed by atoms with Crippen molar-refractivity contribution in [2.24, 2.45) is 0 Å². The van der Waals surface area contributed by atoms with Crippen molar-refractivity contribution in [3.05, 3.63) is 50.6 Å². The second kappa shape index (κ2) is 7.99. The molecule has 1 aromatic heterocycles. The molecule has 0 radical (unpaired) electrons. The van der Waals surface area contributed by atoms with Gasteiger partial charge in [-0.1, -0.05) is 12.5 Å². The summed E-state index contributed by atoms with van der Waals surface area (Å²) in [6, 6.07) is 10.1. The second-order valence-corrected chi connectivity index (χ2v) is 10.4. The number of hydrogen-bond donors (Lipinski definition) is 1. The minimum atomic E-state index is -3.53. The number of nitrogens with zero attached hydrogens (tertiary/aromatic N) is 1. The molecule has 0 spiro atoms. The number of carbonyl (C=O) groups excluding carboxylic acids is 1. The van der Waals surface area contributed by atoms with Gasteiger partial charge < -0.3 is 5.32 Å². The van der Waals surface area contributed by atoms with Gasteiger partial charge in [0.05, 0.1) is 15.2 Å². The first-order valence-electron chi connectivity index (χ1n) is 8.09. The standard InChI is InChI=1S/C17H19BrN2O3S2/c18-16-8-7-14(24-16)12-19-17(21)13-5-4-6-15(11-13)25(22,23)20-9-2-1-3-10-20/h4-8,11H,1-3,9-10,12H2,(H,19,21). The van der Waals surface area contributed by atoms with Gasteiger partial charge >= 0.3 is 0 Å². The molecule has 0 bridgehead atoms. The van der Waals surface area contributed by atoms with E-state index in [1.165, 1.54) is 10.4 Å². The van der Waals surface area contributed by atoms with E-state index in [-0.39, 0.29) is 10.8 Å². The lowest BCUT2D eigenvalue weighted by Gasteiger charge is -2.26. The monoisotopic (exact) mass is 442 g/mol. The van der Waals surface area contributed by atoms with Crippen LogP contribution in [0.2, 0.25) is 0 Å². The largest absolute Gasteiger partial charge is 0.347 e. The molecule has 1 N–H and O–H groups in total.